The Labute approximate surface area is 157 Å². The van der Waals surface area contributed by atoms with Crippen molar-refractivity contribution in [1.29, 1.82) is 0 Å². The minimum Gasteiger partial charge on any atom is -0.383 e. The van der Waals surface area contributed by atoms with Gasteiger partial charge in [-0.15, -0.1) is 0 Å². The van der Waals surface area contributed by atoms with E-state index in [0.717, 1.165) is 0 Å². The monoisotopic (exact) mass is 385 g/mol. The average molecular weight is 385 g/mol. The van der Waals surface area contributed by atoms with E-state index in [2.05, 4.69) is 15.1 Å². The van der Waals surface area contributed by atoms with Gasteiger partial charge in [0.25, 0.3) is 11.4 Å². The Balaban J connectivity index is 1.77. The van der Waals surface area contributed by atoms with Crippen molar-refractivity contribution in [3.05, 3.63) is 46.6 Å². The number of imidazole rings is 1. The first kappa shape index (κ1) is 17.0. The lowest BCUT2D eigenvalue weighted by atomic mass is 10.2. The Bertz CT molecular complexity index is 1270. The van der Waals surface area contributed by atoms with Crippen LogP contribution in [0.4, 0.5) is 4.39 Å². The predicted molar refractivity (Wildman–Crippen MR) is 95.2 cm³/mol. The van der Waals surface area contributed by atoms with Crippen LogP contribution in [-0.4, -0.2) is 42.9 Å². The van der Waals surface area contributed by atoms with Crippen LogP contribution in [0.5, 0.6) is 0 Å². The van der Waals surface area contributed by atoms with E-state index < -0.39 is 11.4 Å². The fourth-order valence-electron chi connectivity index (χ4n) is 3.30. The maximum Gasteiger partial charge on any atom is 0.277 e. The maximum absolute atomic E-state index is 13.8. The number of hydrogen-bond donors (Lipinski definition) is 1. The number of fused-ring (bicyclic) bond motifs is 3. The van der Waals surface area contributed by atoms with Crippen molar-refractivity contribution in [2.75, 3.05) is 13.7 Å². The molecule has 1 fully saturated rings. The van der Waals surface area contributed by atoms with Gasteiger partial charge in [0.15, 0.2) is 0 Å². The molecule has 0 spiro atoms. The minimum atomic E-state index is -1.08. The van der Waals surface area contributed by atoms with Gasteiger partial charge in [0.2, 0.25) is 5.82 Å². The number of aliphatic hydroxyl groups is 1. The summed E-state index contributed by atoms with van der Waals surface area (Å²) in [6.45, 7) is 0.526. The van der Waals surface area contributed by atoms with Gasteiger partial charge in [0, 0.05) is 13.7 Å². The zero-order valence-electron chi connectivity index (χ0n) is 14.9. The van der Waals surface area contributed by atoms with Gasteiger partial charge in [-0.1, -0.05) is 5.16 Å². The summed E-state index contributed by atoms with van der Waals surface area (Å²) < 4.78 is 27.1. The summed E-state index contributed by atoms with van der Waals surface area (Å²) in [5, 5.41) is 14.0. The number of halogens is 1. The Kier molecular flexibility index (Phi) is 3.61. The van der Waals surface area contributed by atoms with Crippen molar-refractivity contribution < 1.29 is 18.8 Å². The molecule has 3 aromatic heterocycles. The van der Waals surface area contributed by atoms with E-state index in [9.17, 15) is 14.3 Å². The third kappa shape index (κ3) is 2.45. The fraction of sp³-hybridized carbons (Fsp3) is 0.333. The zero-order chi connectivity index (χ0) is 19.5. The summed E-state index contributed by atoms with van der Waals surface area (Å²) in [4.78, 5) is 21.7. The largest absolute Gasteiger partial charge is 0.383 e. The van der Waals surface area contributed by atoms with Crippen molar-refractivity contribution in [2.45, 2.75) is 25.0 Å². The summed E-state index contributed by atoms with van der Waals surface area (Å²) in [6.07, 6.45) is 2.58. The number of benzene rings is 1. The van der Waals surface area contributed by atoms with Gasteiger partial charge >= 0.3 is 0 Å². The van der Waals surface area contributed by atoms with Gasteiger partial charge in [-0.3, -0.25) is 9.20 Å². The van der Waals surface area contributed by atoms with Gasteiger partial charge in [-0.2, -0.15) is 4.98 Å². The summed E-state index contributed by atoms with van der Waals surface area (Å²) in [7, 11) is 1.53. The number of ether oxygens (including phenoxy) is 1. The normalized spacial score (nSPS) is 15.5. The summed E-state index contributed by atoms with van der Waals surface area (Å²) in [5.41, 5.74) is 0.0602. The molecule has 9 nitrogen and oxygen atoms in total. The minimum absolute atomic E-state index is 0.117. The van der Waals surface area contributed by atoms with E-state index in [1.807, 2.05) is 0 Å². The van der Waals surface area contributed by atoms with Crippen LogP contribution in [0, 0.1) is 5.82 Å². The second-order valence-electron chi connectivity index (χ2n) is 6.85. The van der Waals surface area contributed by atoms with Crippen LogP contribution in [-0.2, 0) is 16.9 Å². The van der Waals surface area contributed by atoms with Crippen molar-refractivity contribution >= 4 is 16.6 Å². The molecule has 0 amide bonds. The molecule has 0 aliphatic heterocycles. The third-order valence-electron chi connectivity index (χ3n) is 4.98. The summed E-state index contributed by atoms with van der Waals surface area (Å²) in [5.74, 6) is -0.209. The number of aromatic nitrogens is 5. The molecule has 1 aliphatic rings. The Morgan fingerprint density at radius 3 is 2.93 bits per heavy atom. The SMILES string of the molecule is COCCn1c(=O)c2c(-c3noc(C4(O)CC4)n3)ncn2c2ccc(F)cc21. The molecule has 10 heteroatoms. The highest BCUT2D eigenvalue weighted by Crippen LogP contribution is 2.44. The standard InChI is InChI=1S/C18H16FN5O4/c1-27-7-6-23-12-8-10(19)2-3-11(12)24-9-20-13(14(24)16(23)25)15-21-17(28-22-15)18(26)4-5-18/h2-3,8-9,26H,4-7H2,1H3. The lowest BCUT2D eigenvalue weighted by Gasteiger charge is -2.12. The summed E-state index contributed by atoms with van der Waals surface area (Å²) in [6, 6.07) is 4.21. The first-order valence-corrected chi connectivity index (χ1v) is 8.77. The zero-order valence-corrected chi connectivity index (χ0v) is 14.9. The molecule has 5 rings (SSSR count). The fourth-order valence-corrected chi connectivity index (χ4v) is 3.30. The summed E-state index contributed by atoms with van der Waals surface area (Å²) >= 11 is 0. The van der Waals surface area contributed by atoms with Crippen LogP contribution in [0.3, 0.4) is 0 Å². The van der Waals surface area contributed by atoms with Crippen LogP contribution >= 0.6 is 0 Å². The van der Waals surface area contributed by atoms with Crippen molar-refractivity contribution in [3.8, 4) is 11.5 Å². The molecule has 1 aliphatic carbocycles. The highest BCUT2D eigenvalue weighted by Gasteiger charge is 2.48. The van der Waals surface area contributed by atoms with Crippen molar-refractivity contribution in [3.63, 3.8) is 0 Å². The molecule has 144 valence electrons. The Morgan fingerprint density at radius 1 is 1.36 bits per heavy atom. The maximum atomic E-state index is 13.8. The van der Waals surface area contributed by atoms with E-state index in [-0.39, 0.29) is 41.6 Å². The van der Waals surface area contributed by atoms with Gasteiger partial charge < -0.3 is 18.9 Å². The first-order chi connectivity index (χ1) is 13.5. The number of hydrogen-bond acceptors (Lipinski definition) is 7. The molecule has 0 saturated heterocycles. The number of methoxy groups -OCH3 is 1. The molecule has 1 saturated carbocycles. The lowest BCUT2D eigenvalue weighted by molar-refractivity contribution is 0.108. The molecule has 0 radical (unpaired) electrons. The van der Waals surface area contributed by atoms with Crippen LogP contribution in [0.1, 0.15) is 18.7 Å². The van der Waals surface area contributed by atoms with Gasteiger partial charge in [0.1, 0.15) is 29.0 Å². The van der Waals surface area contributed by atoms with E-state index >= 15 is 0 Å². The van der Waals surface area contributed by atoms with Crippen LogP contribution in [0.15, 0.2) is 33.8 Å². The second kappa shape index (κ2) is 5.94. The quantitative estimate of drug-likeness (QED) is 0.554. The second-order valence-corrected chi connectivity index (χ2v) is 6.85. The van der Waals surface area contributed by atoms with E-state index in [4.69, 9.17) is 9.26 Å². The molecule has 0 bridgehead atoms. The van der Waals surface area contributed by atoms with Crippen molar-refractivity contribution in [1.82, 2.24) is 24.1 Å². The van der Waals surface area contributed by atoms with Gasteiger partial charge in [-0.05, 0) is 31.0 Å². The Morgan fingerprint density at radius 2 is 2.18 bits per heavy atom. The van der Waals surface area contributed by atoms with Crippen LogP contribution in [0.2, 0.25) is 0 Å². The molecule has 3 heterocycles. The molecule has 4 aromatic rings. The van der Waals surface area contributed by atoms with Gasteiger partial charge in [0.05, 0.1) is 17.6 Å². The highest BCUT2D eigenvalue weighted by molar-refractivity contribution is 5.83. The molecular weight excluding hydrogens is 369 g/mol. The van der Waals surface area contributed by atoms with Gasteiger partial charge in [-0.25, -0.2) is 9.37 Å². The smallest absolute Gasteiger partial charge is 0.277 e. The predicted octanol–water partition coefficient (Wildman–Crippen LogP) is 1.47. The van der Waals surface area contributed by atoms with E-state index in [0.29, 0.717) is 23.9 Å². The molecule has 0 unspecified atom stereocenters. The Hall–Kier alpha value is -3.11. The molecule has 28 heavy (non-hydrogen) atoms. The topological polar surface area (TPSA) is 108 Å². The molecule has 1 N–H and O–H groups in total. The molecule has 1 aromatic carbocycles. The highest BCUT2D eigenvalue weighted by atomic mass is 19.1. The van der Waals surface area contributed by atoms with E-state index in [1.54, 1.807) is 10.5 Å². The van der Waals surface area contributed by atoms with Crippen molar-refractivity contribution in [2.24, 2.45) is 0 Å². The van der Waals surface area contributed by atoms with E-state index in [1.165, 1.54) is 30.1 Å². The lowest BCUT2D eigenvalue weighted by Crippen LogP contribution is -2.25. The number of nitrogens with zero attached hydrogens (tertiary/aromatic N) is 5. The van der Waals surface area contributed by atoms with Crippen LogP contribution in [0.25, 0.3) is 28.1 Å². The molecule has 0 atom stereocenters. The first-order valence-electron chi connectivity index (χ1n) is 8.77. The average Bonchev–Trinajstić information content (AvgIpc) is 3.11. The molecular formula is C18H16FN5O4. The number of rotatable bonds is 5. The van der Waals surface area contributed by atoms with Crippen LogP contribution < -0.4 is 5.56 Å². The third-order valence-corrected chi connectivity index (χ3v) is 4.98.